The first kappa shape index (κ1) is 17.5. The van der Waals surface area contributed by atoms with E-state index >= 15 is 0 Å². The van der Waals surface area contributed by atoms with Gasteiger partial charge >= 0.3 is 11.9 Å². The van der Waals surface area contributed by atoms with E-state index < -0.39 is 11.9 Å². The van der Waals surface area contributed by atoms with Crippen LogP contribution in [0.1, 0.15) is 53.4 Å². The Morgan fingerprint density at radius 2 is 1.91 bits per heavy atom. The number of methoxy groups -OCH3 is 1. The summed E-state index contributed by atoms with van der Waals surface area (Å²) in [5, 5.41) is 3.28. The molecule has 0 saturated heterocycles. The number of amides is 1. The summed E-state index contributed by atoms with van der Waals surface area (Å²) in [4.78, 5) is 36.5. The molecule has 6 nitrogen and oxygen atoms in total. The van der Waals surface area contributed by atoms with E-state index in [1.54, 1.807) is 6.92 Å². The molecule has 7 heteroatoms. The fraction of sp³-hybridized carbons (Fsp3) is 0.562. The van der Waals surface area contributed by atoms with Crippen molar-refractivity contribution in [2.75, 3.05) is 19.0 Å². The molecule has 1 amide bonds. The first-order valence-electron chi connectivity index (χ1n) is 7.75. The molecule has 1 aromatic rings. The van der Waals surface area contributed by atoms with Crippen molar-refractivity contribution in [1.29, 1.82) is 0 Å². The smallest absolute Gasteiger partial charge is 0.341 e. The van der Waals surface area contributed by atoms with Gasteiger partial charge < -0.3 is 14.8 Å². The second kappa shape index (κ2) is 8.10. The van der Waals surface area contributed by atoms with E-state index in [2.05, 4.69) is 5.32 Å². The van der Waals surface area contributed by atoms with Gasteiger partial charge in [0.1, 0.15) is 5.00 Å². The van der Waals surface area contributed by atoms with Crippen LogP contribution in [0.15, 0.2) is 0 Å². The molecule has 0 spiro atoms. The predicted molar refractivity (Wildman–Crippen MR) is 86.8 cm³/mol. The molecule has 1 aliphatic rings. The van der Waals surface area contributed by atoms with Gasteiger partial charge in [-0.3, -0.25) is 9.59 Å². The van der Waals surface area contributed by atoms with Crippen LogP contribution in [0.4, 0.5) is 5.00 Å². The average molecular weight is 339 g/mol. The number of nitrogens with one attached hydrogen (secondary N) is 1. The van der Waals surface area contributed by atoms with Crippen molar-refractivity contribution in [3.63, 3.8) is 0 Å². The van der Waals surface area contributed by atoms with E-state index in [0.29, 0.717) is 17.2 Å². The number of esters is 2. The van der Waals surface area contributed by atoms with Gasteiger partial charge in [-0.15, -0.1) is 11.3 Å². The van der Waals surface area contributed by atoms with Crippen LogP contribution in [-0.2, 0) is 31.9 Å². The highest BCUT2D eigenvalue weighted by atomic mass is 32.1. The van der Waals surface area contributed by atoms with E-state index in [9.17, 15) is 14.4 Å². The van der Waals surface area contributed by atoms with E-state index in [-0.39, 0.29) is 18.7 Å². The van der Waals surface area contributed by atoms with E-state index in [4.69, 9.17) is 9.47 Å². The third kappa shape index (κ3) is 4.31. The highest BCUT2D eigenvalue weighted by Gasteiger charge is 2.26. The molecule has 1 N–H and O–H groups in total. The van der Waals surface area contributed by atoms with Crippen molar-refractivity contribution in [2.24, 2.45) is 0 Å². The zero-order chi connectivity index (χ0) is 16.8. The van der Waals surface area contributed by atoms with Crippen LogP contribution >= 0.6 is 11.3 Å². The van der Waals surface area contributed by atoms with Crippen LogP contribution in [0.25, 0.3) is 0 Å². The number of fused-ring (bicyclic) bond motifs is 1. The molecule has 0 fully saturated rings. The lowest BCUT2D eigenvalue weighted by atomic mass is 9.95. The van der Waals surface area contributed by atoms with Gasteiger partial charge in [0, 0.05) is 11.3 Å². The predicted octanol–water partition coefficient (Wildman–Crippen LogP) is 2.70. The SMILES string of the molecule is CCOC(=O)CCC(=O)Nc1sc2c(c1C(=O)OC)CCCC2. The standard InChI is InChI=1S/C16H21NO5S/c1-3-22-13(19)9-8-12(18)17-15-14(16(20)21-2)10-6-4-5-7-11(10)23-15/h3-9H2,1-2H3,(H,17,18). The molecule has 0 aromatic carbocycles. The summed E-state index contributed by atoms with van der Waals surface area (Å²) in [6.07, 6.45) is 3.92. The van der Waals surface area contributed by atoms with Crippen LogP contribution in [0.3, 0.4) is 0 Å². The second-order valence-electron chi connectivity index (χ2n) is 5.26. The fourth-order valence-electron chi connectivity index (χ4n) is 2.61. The number of ether oxygens (including phenoxy) is 2. The summed E-state index contributed by atoms with van der Waals surface area (Å²) < 4.78 is 9.65. The molecule has 126 valence electrons. The minimum Gasteiger partial charge on any atom is -0.466 e. The highest BCUT2D eigenvalue weighted by molar-refractivity contribution is 7.17. The van der Waals surface area contributed by atoms with E-state index in [1.807, 2.05) is 0 Å². The van der Waals surface area contributed by atoms with Crippen LogP contribution in [-0.4, -0.2) is 31.6 Å². The minimum absolute atomic E-state index is 0.0261. The van der Waals surface area contributed by atoms with Crippen molar-refractivity contribution in [2.45, 2.75) is 45.4 Å². The number of hydrogen-bond donors (Lipinski definition) is 1. The summed E-state index contributed by atoms with van der Waals surface area (Å²) >= 11 is 1.43. The molecular weight excluding hydrogens is 318 g/mol. The maximum Gasteiger partial charge on any atom is 0.341 e. The lowest BCUT2D eigenvalue weighted by Gasteiger charge is -2.11. The lowest BCUT2D eigenvalue weighted by molar-refractivity contribution is -0.144. The quantitative estimate of drug-likeness (QED) is 0.806. The maximum atomic E-state index is 12.1. The van der Waals surface area contributed by atoms with Gasteiger partial charge in [0.25, 0.3) is 0 Å². The van der Waals surface area contributed by atoms with Crippen LogP contribution in [0.5, 0.6) is 0 Å². The first-order valence-corrected chi connectivity index (χ1v) is 8.56. The molecule has 0 unspecified atom stereocenters. The Labute approximate surface area is 139 Å². The largest absolute Gasteiger partial charge is 0.466 e. The van der Waals surface area contributed by atoms with Crippen LogP contribution in [0.2, 0.25) is 0 Å². The van der Waals surface area contributed by atoms with Crippen molar-refractivity contribution in [3.8, 4) is 0 Å². The zero-order valence-electron chi connectivity index (χ0n) is 13.4. The molecule has 1 heterocycles. The monoisotopic (exact) mass is 339 g/mol. The van der Waals surface area contributed by atoms with Gasteiger partial charge in [-0.25, -0.2) is 4.79 Å². The normalized spacial score (nSPS) is 13.1. The minimum atomic E-state index is -0.426. The number of thiophene rings is 1. The van der Waals surface area contributed by atoms with Crippen molar-refractivity contribution in [1.82, 2.24) is 0 Å². The Morgan fingerprint density at radius 1 is 1.17 bits per heavy atom. The third-order valence-corrected chi connectivity index (χ3v) is 4.88. The Kier molecular flexibility index (Phi) is 6.15. The molecule has 0 aliphatic heterocycles. The van der Waals surface area contributed by atoms with Gasteiger partial charge in [0.05, 0.1) is 25.7 Å². The molecule has 2 rings (SSSR count). The van der Waals surface area contributed by atoms with E-state index in [1.165, 1.54) is 18.4 Å². The number of anilines is 1. The molecular formula is C16H21NO5S. The second-order valence-corrected chi connectivity index (χ2v) is 6.36. The molecule has 23 heavy (non-hydrogen) atoms. The van der Waals surface area contributed by atoms with Gasteiger partial charge in [0.15, 0.2) is 0 Å². The molecule has 1 aliphatic carbocycles. The zero-order valence-corrected chi connectivity index (χ0v) is 14.2. The molecule has 0 atom stereocenters. The number of aryl methyl sites for hydroxylation is 1. The number of hydrogen-bond acceptors (Lipinski definition) is 6. The Bertz CT molecular complexity index is 608. The van der Waals surface area contributed by atoms with Crippen LogP contribution < -0.4 is 5.32 Å². The average Bonchev–Trinajstić information content (AvgIpc) is 2.90. The molecule has 0 radical (unpaired) electrons. The van der Waals surface area contributed by atoms with Gasteiger partial charge in [-0.2, -0.15) is 0 Å². The maximum absolute atomic E-state index is 12.1. The summed E-state index contributed by atoms with van der Waals surface area (Å²) in [5.74, 6) is -1.13. The van der Waals surface area contributed by atoms with Crippen LogP contribution in [0, 0.1) is 0 Å². The Morgan fingerprint density at radius 3 is 2.61 bits per heavy atom. The first-order chi connectivity index (χ1) is 11.1. The molecule has 0 bridgehead atoms. The summed E-state index contributed by atoms with van der Waals surface area (Å²) in [6, 6.07) is 0. The van der Waals surface area contributed by atoms with Crippen molar-refractivity contribution in [3.05, 3.63) is 16.0 Å². The van der Waals surface area contributed by atoms with Crippen molar-refractivity contribution < 1.29 is 23.9 Å². The summed E-state index contributed by atoms with van der Waals surface area (Å²) in [5.41, 5.74) is 1.46. The highest BCUT2D eigenvalue weighted by Crippen LogP contribution is 2.38. The summed E-state index contributed by atoms with van der Waals surface area (Å²) in [7, 11) is 1.33. The number of carbonyl (C=O) groups is 3. The fourth-order valence-corrected chi connectivity index (χ4v) is 3.90. The van der Waals surface area contributed by atoms with Gasteiger partial charge in [0.2, 0.25) is 5.91 Å². The Hall–Kier alpha value is -1.89. The molecule has 0 saturated carbocycles. The lowest BCUT2D eigenvalue weighted by Crippen LogP contribution is -2.16. The number of rotatable bonds is 6. The van der Waals surface area contributed by atoms with Crippen molar-refractivity contribution >= 4 is 34.2 Å². The topological polar surface area (TPSA) is 81.7 Å². The third-order valence-electron chi connectivity index (χ3n) is 3.68. The summed E-state index contributed by atoms with van der Waals surface area (Å²) in [6.45, 7) is 2.02. The van der Waals surface area contributed by atoms with E-state index in [0.717, 1.165) is 36.1 Å². The van der Waals surface area contributed by atoms with Gasteiger partial charge in [-0.1, -0.05) is 0 Å². The Balaban J connectivity index is 2.09. The number of carbonyl (C=O) groups excluding carboxylic acids is 3. The molecule has 1 aromatic heterocycles. The van der Waals surface area contributed by atoms with Gasteiger partial charge in [-0.05, 0) is 38.2 Å².